The summed E-state index contributed by atoms with van der Waals surface area (Å²) in [5.74, 6) is 1.67. The van der Waals surface area contributed by atoms with Crippen molar-refractivity contribution in [2.45, 2.75) is 38.8 Å². The van der Waals surface area contributed by atoms with Crippen LogP contribution in [0.2, 0.25) is 5.02 Å². The molecule has 194 valence electrons. The molecule has 1 aromatic heterocycles. The van der Waals surface area contributed by atoms with Crippen LogP contribution in [0.15, 0.2) is 69.9 Å². The number of hydrogen-bond donors (Lipinski definition) is 0. The molecular weight excluding hydrogens is 506 g/mol. The van der Waals surface area contributed by atoms with E-state index in [4.69, 9.17) is 30.2 Å². The van der Waals surface area contributed by atoms with E-state index in [-0.39, 0.29) is 30.4 Å². The summed E-state index contributed by atoms with van der Waals surface area (Å²) in [7, 11) is 0. The fourth-order valence-corrected chi connectivity index (χ4v) is 5.23. The Bertz CT molecular complexity index is 1600. The third-order valence-electron chi connectivity index (χ3n) is 6.91. The Labute approximate surface area is 224 Å². The van der Waals surface area contributed by atoms with Gasteiger partial charge in [0.15, 0.2) is 16.9 Å². The van der Waals surface area contributed by atoms with Crippen LogP contribution in [0.4, 0.5) is 0 Å². The van der Waals surface area contributed by atoms with Crippen molar-refractivity contribution in [1.82, 2.24) is 4.90 Å². The Morgan fingerprint density at radius 1 is 1.00 bits per heavy atom. The van der Waals surface area contributed by atoms with E-state index in [1.165, 1.54) is 0 Å². The molecule has 1 atom stereocenters. The molecule has 38 heavy (non-hydrogen) atoms. The highest BCUT2D eigenvalue weighted by atomic mass is 35.5. The molecule has 0 N–H and O–H groups in total. The Hall–Kier alpha value is -3.97. The molecule has 0 bridgehead atoms. The first kappa shape index (κ1) is 24.4. The molecule has 2 aliphatic rings. The van der Waals surface area contributed by atoms with E-state index in [0.29, 0.717) is 45.4 Å². The molecule has 0 saturated heterocycles. The Kier molecular flexibility index (Phi) is 6.45. The van der Waals surface area contributed by atoms with Crippen molar-refractivity contribution < 1.29 is 23.4 Å². The topological polar surface area (TPSA) is 78.2 Å². The summed E-state index contributed by atoms with van der Waals surface area (Å²) in [5, 5.41) is 0.760. The minimum atomic E-state index is -0.665. The van der Waals surface area contributed by atoms with Crippen molar-refractivity contribution in [2.24, 2.45) is 0 Å². The summed E-state index contributed by atoms with van der Waals surface area (Å²) >= 11 is 6.20. The molecule has 0 aliphatic carbocycles. The molecule has 1 unspecified atom stereocenters. The van der Waals surface area contributed by atoms with Crippen LogP contribution in [0, 0.1) is 0 Å². The van der Waals surface area contributed by atoms with Gasteiger partial charge in [-0.3, -0.25) is 9.59 Å². The molecule has 7 nitrogen and oxygen atoms in total. The Morgan fingerprint density at radius 2 is 1.87 bits per heavy atom. The molecule has 0 spiro atoms. The van der Waals surface area contributed by atoms with Crippen LogP contribution in [0.5, 0.6) is 17.2 Å². The van der Waals surface area contributed by atoms with E-state index < -0.39 is 6.04 Å². The number of fused-ring (bicyclic) bond motifs is 3. The van der Waals surface area contributed by atoms with Crippen LogP contribution >= 0.6 is 11.6 Å². The highest BCUT2D eigenvalue weighted by molar-refractivity contribution is 6.31. The van der Waals surface area contributed by atoms with Gasteiger partial charge in [0.1, 0.15) is 11.3 Å². The van der Waals surface area contributed by atoms with E-state index in [0.717, 1.165) is 30.4 Å². The van der Waals surface area contributed by atoms with Crippen molar-refractivity contribution in [2.75, 3.05) is 13.4 Å². The molecular formula is C30H26ClNO6. The number of carbonyl (C=O) groups is 1. The largest absolute Gasteiger partial charge is 0.494 e. The van der Waals surface area contributed by atoms with E-state index in [2.05, 4.69) is 6.92 Å². The zero-order valence-electron chi connectivity index (χ0n) is 20.9. The van der Waals surface area contributed by atoms with Gasteiger partial charge in [-0.05, 0) is 60.0 Å². The maximum absolute atomic E-state index is 13.8. The van der Waals surface area contributed by atoms with Gasteiger partial charge in [-0.15, -0.1) is 0 Å². The molecule has 3 heterocycles. The summed E-state index contributed by atoms with van der Waals surface area (Å²) < 4.78 is 23.0. The lowest BCUT2D eigenvalue weighted by Crippen LogP contribution is -2.29. The van der Waals surface area contributed by atoms with Crippen molar-refractivity contribution in [1.29, 1.82) is 0 Å². The fourth-order valence-electron chi connectivity index (χ4n) is 5.05. The average molecular weight is 532 g/mol. The molecule has 0 radical (unpaired) electrons. The number of nitrogens with zero attached hydrogens (tertiary/aromatic N) is 1. The summed E-state index contributed by atoms with van der Waals surface area (Å²) in [5.41, 5.74) is 1.95. The number of rotatable bonds is 8. The molecule has 2 aliphatic heterocycles. The maximum Gasteiger partial charge on any atom is 0.291 e. The molecule has 0 fully saturated rings. The first-order valence-corrected chi connectivity index (χ1v) is 13.1. The molecule has 1 amide bonds. The van der Waals surface area contributed by atoms with Crippen molar-refractivity contribution in [3.05, 3.63) is 98.4 Å². The van der Waals surface area contributed by atoms with E-state index in [1.807, 2.05) is 42.5 Å². The molecule has 3 aromatic carbocycles. The lowest BCUT2D eigenvalue weighted by atomic mass is 9.98. The van der Waals surface area contributed by atoms with Crippen LogP contribution in [0.25, 0.3) is 11.0 Å². The predicted octanol–water partition coefficient (Wildman–Crippen LogP) is 6.49. The van der Waals surface area contributed by atoms with E-state index in [1.54, 1.807) is 23.1 Å². The average Bonchev–Trinajstić information content (AvgIpc) is 3.50. The van der Waals surface area contributed by atoms with Gasteiger partial charge in [0.2, 0.25) is 12.6 Å². The SMILES string of the molecule is CCCCCOc1cccc(C2c3c(oc4ccc(Cl)cc4c3=O)C(=O)N2Cc2ccc3c(c2)OCO3)c1. The third-order valence-corrected chi connectivity index (χ3v) is 7.14. The molecule has 0 saturated carbocycles. The number of halogens is 1. The summed E-state index contributed by atoms with van der Waals surface area (Å²) in [6, 6.07) is 17.3. The molecule has 6 rings (SSSR count). The van der Waals surface area contributed by atoms with Crippen molar-refractivity contribution in [3.63, 3.8) is 0 Å². The summed E-state index contributed by atoms with van der Waals surface area (Å²) in [4.78, 5) is 29.3. The minimum absolute atomic E-state index is 0.0461. The summed E-state index contributed by atoms with van der Waals surface area (Å²) in [6.07, 6.45) is 3.15. The number of hydrogen-bond acceptors (Lipinski definition) is 6. The number of benzene rings is 3. The highest BCUT2D eigenvalue weighted by Gasteiger charge is 2.43. The first-order valence-electron chi connectivity index (χ1n) is 12.7. The van der Waals surface area contributed by atoms with Gasteiger partial charge in [0.05, 0.1) is 23.6 Å². The fraction of sp³-hybridized carbons (Fsp3) is 0.267. The highest BCUT2D eigenvalue weighted by Crippen LogP contribution is 2.41. The minimum Gasteiger partial charge on any atom is -0.494 e. The number of carbonyl (C=O) groups excluding carboxylic acids is 1. The zero-order chi connectivity index (χ0) is 26.2. The van der Waals surface area contributed by atoms with Crippen LogP contribution in [-0.2, 0) is 6.54 Å². The second-order valence-electron chi connectivity index (χ2n) is 9.47. The van der Waals surface area contributed by atoms with Crippen molar-refractivity contribution >= 4 is 28.5 Å². The molecule has 4 aromatic rings. The maximum atomic E-state index is 13.8. The standard InChI is InChI=1S/C30H26ClNO6/c1-2-3-4-12-35-21-7-5-6-19(14-21)27-26-28(33)22-15-20(31)9-11-23(22)38-29(26)30(34)32(27)16-18-8-10-24-25(13-18)37-17-36-24/h5-11,13-15,27H,2-4,12,16-17H2,1H3. The quantitative estimate of drug-likeness (QED) is 0.242. The Morgan fingerprint density at radius 3 is 2.74 bits per heavy atom. The zero-order valence-corrected chi connectivity index (χ0v) is 21.6. The second-order valence-corrected chi connectivity index (χ2v) is 9.90. The van der Waals surface area contributed by atoms with Crippen molar-refractivity contribution in [3.8, 4) is 17.2 Å². The van der Waals surface area contributed by atoms with E-state index >= 15 is 0 Å². The summed E-state index contributed by atoms with van der Waals surface area (Å²) in [6.45, 7) is 3.15. The predicted molar refractivity (Wildman–Crippen MR) is 143 cm³/mol. The number of unbranched alkanes of at least 4 members (excludes halogenated alkanes) is 2. The Balaban J connectivity index is 1.44. The van der Waals surface area contributed by atoms with Gasteiger partial charge < -0.3 is 23.5 Å². The van der Waals surface area contributed by atoms with E-state index in [9.17, 15) is 9.59 Å². The smallest absolute Gasteiger partial charge is 0.291 e. The van der Waals surface area contributed by atoms with Gasteiger partial charge in [0, 0.05) is 11.6 Å². The van der Waals surface area contributed by atoms with Crippen LogP contribution in [0.1, 0.15) is 59.5 Å². The number of ether oxygens (including phenoxy) is 3. The monoisotopic (exact) mass is 531 g/mol. The lowest BCUT2D eigenvalue weighted by Gasteiger charge is -2.25. The van der Waals surface area contributed by atoms with Crippen LogP contribution < -0.4 is 19.6 Å². The second kappa shape index (κ2) is 10.1. The van der Waals surface area contributed by atoms with Gasteiger partial charge >= 0.3 is 0 Å². The van der Waals surface area contributed by atoms with Crippen LogP contribution in [-0.4, -0.2) is 24.2 Å². The first-order chi connectivity index (χ1) is 18.5. The van der Waals surface area contributed by atoms with Gasteiger partial charge in [-0.25, -0.2) is 0 Å². The molecule has 8 heteroatoms. The van der Waals surface area contributed by atoms with Gasteiger partial charge in [0.25, 0.3) is 5.91 Å². The number of amides is 1. The van der Waals surface area contributed by atoms with Gasteiger partial charge in [-0.2, -0.15) is 0 Å². The van der Waals surface area contributed by atoms with Gasteiger partial charge in [-0.1, -0.05) is 49.6 Å². The van der Waals surface area contributed by atoms with Crippen LogP contribution in [0.3, 0.4) is 0 Å². The normalized spacial score (nSPS) is 15.8. The third kappa shape index (κ3) is 4.37. The lowest BCUT2D eigenvalue weighted by molar-refractivity contribution is 0.0714.